The average Bonchev–Trinajstić information content (AvgIpc) is 2.17. The van der Waals surface area contributed by atoms with Crippen LogP contribution in [0.5, 0.6) is 0 Å². The predicted molar refractivity (Wildman–Crippen MR) is 48.4 cm³/mol. The van der Waals surface area contributed by atoms with Crippen LogP contribution in [0.3, 0.4) is 0 Å². The molecule has 0 heterocycles. The van der Waals surface area contributed by atoms with Crippen LogP contribution in [-0.2, 0) is 4.74 Å². The molecule has 0 amide bonds. The van der Waals surface area contributed by atoms with Gasteiger partial charge in [-0.2, -0.15) is 10.5 Å². The molecule has 0 aliphatic carbocycles. The van der Waals surface area contributed by atoms with Gasteiger partial charge in [0.1, 0.15) is 17.7 Å². The van der Waals surface area contributed by atoms with Gasteiger partial charge in [0.2, 0.25) is 0 Å². The van der Waals surface area contributed by atoms with Crippen LogP contribution >= 0.6 is 0 Å². The second kappa shape index (κ2) is 6.05. The molecule has 70 valence electrons. The van der Waals surface area contributed by atoms with E-state index in [0.29, 0.717) is 0 Å². The van der Waals surface area contributed by atoms with Crippen LogP contribution in [0.2, 0.25) is 0 Å². The lowest BCUT2D eigenvalue weighted by Gasteiger charge is -2.18. The van der Waals surface area contributed by atoms with Crippen molar-refractivity contribution in [2.24, 2.45) is 0 Å². The number of rotatable bonds is 4. The molecular formula is C9H13N3O. The molecule has 0 saturated carbocycles. The Kier molecular flexibility index (Phi) is 5.34. The molecular weight excluding hydrogens is 166 g/mol. The lowest BCUT2D eigenvalue weighted by molar-refractivity contribution is 0.0931. The van der Waals surface area contributed by atoms with E-state index >= 15 is 0 Å². The number of hydrogen-bond acceptors (Lipinski definition) is 4. The minimum absolute atomic E-state index is 0.0369. The molecule has 0 radical (unpaired) electrons. The van der Waals surface area contributed by atoms with Gasteiger partial charge in [-0.1, -0.05) is 0 Å². The average molecular weight is 179 g/mol. The molecule has 0 spiro atoms. The zero-order valence-corrected chi connectivity index (χ0v) is 8.03. The summed E-state index contributed by atoms with van der Waals surface area (Å²) in [6.07, 6.45) is 1.44. The Morgan fingerprint density at radius 2 is 1.92 bits per heavy atom. The van der Waals surface area contributed by atoms with Gasteiger partial charge < -0.3 is 10.1 Å². The lowest BCUT2D eigenvalue weighted by atomic mass is 10.2. The van der Waals surface area contributed by atoms with E-state index in [9.17, 15) is 0 Å². The van der Waals surface area contributed by atoms with E-state index in [-0.39, 0.29) is 17.7 Å². The van der Waals surface area contributed by atoms with Crippen molar-refractivity contribution in [3.8, 4) is 12.1 Å². The van der Waals surface area contributed by atoms with Crippen LogP contribution in [0.15, 0.2) is 11.8 Å². The highest BCUT2D eigenvalue weighted by Crippen LogP contribution is 1.96. The van der Waals surface area contributed by atoms with Gasteiger partial charge in [-0.05, 0) is 13.8 Å². The number of allylic oxidation sites excluding steroid dienone is 1. The Hall–Kier alpha value is -1.52. The topological polar surface area (TPSA) is 68.8 Å². The van der Waals surface area contributed by atoms with Crippen molar-refractivity contribution < 1.29 is 4.74 Å². The maximum absolute atomic E-state index is 8.42. The number of hydrogen-bond donors (Lipinski definition) is 1. The lowest BCUT2D eigenvalue weighted by Crippen LogP contribution is -2.33. The van der Waals surface area contributed by atoms with E-state index in [1.165, 1.54) is 6.20 Å². The SMILES string of the molecule is COC(C)[C@H](C)NC=C(C#N)C#N. The second-order valence-electron chi connectivity index (χ2n) is 2.68. The maximum Gasteiger partial charge on any atom is 0.145 e. The Morgan fingerprint density at radius 1 is 1.38 bits per heavy atom. The molecule has 0 aromatic carbocycles. The molecule has 0 aromatic rings. The summed E-state index contributed by atoms with van der Waals surface area (Å²) in [5, 5.41) is 19.7. The van der Waals surface area contributed by atoms with Gasteiger partial charge in [-0.25, -0.2) is 0 Å². The van der Waals surface area contributed by atoms with Gasteiger partial charge in [0.15, 0.2) is 0 Å². The third-order valence-electron chi connectivity index (χ3n) is 1.81. The molecule has 0 aliphatic heterocycles. The Bertz CT molecular complexity index is 243. The highest BCUT2D eigenvalue weighted by atomic mass is 16.5. The van der Waals surface area contributed by atoms with Crippen molar-refractivity contribution in [1.29, 1.82) is 10.5 Å². The maximum atomic E-state index is 8.42. The fourth-order valence-electron chi connectivity index (χ4n) is 0.644. The van der Waals surface area contributed by atoms with E-state index in [1.807, 2.05) is 13.8 Å². The van der Waals surface area contributed by atoms with Crippen molar-refractivity contribution in [3.63, 3.8) is 0 Å². The number of methoxy groups -OCH3 is 1. The fourth-order valence-corrected chi connectivity index (χ4v) is 0.644. The normalized spacial score (nSPS) is 13.3. The molecule has 1 N–H and O–H groups in total. The van der Waals surface area contributed by atoms with E-state index in [0.717, 1.165) is 0 Å². The minimum Gasteiger partial charge on any atom is -0.384 e. The van der Waals surface area contributed by atoms with E-state index in [2.05, 4.69) is 5.32 Å². The third-order valence-corrected chi connectivity index (χ3v) is 1.81. The summed E-state index contributed by atoms with van der Waals surface area (Å²) in [6.45, 7) is 3.82. The summed E-state index contributed by atoms with van der Waals surface area (Å²) < 4.78 is 5.05. The van der Waals surface area contributed by atoms with E-state index in [4.69, 9.17) is 15.3 Å². The van der Waals surface area contributed by atoms with Crippen LogP contribution in [0.4, 0.5) is 0 Å². The Balaban J connectivity index is 4.10. The van der Waals surface area contributed by atoms with Gasteiger partial charge in [0, 0.05) is 19.4 Å². The highest BCUT2D eigenvalue weighted by Gasteiger charge is 2.08. The first kappa shape index (κ1) is 11.5. The first-order valence-electron chi connectivity index (χ1n) is 3.95. The summed E-state index contributed by atoms with van der Waals surface area (Å²) in [5.74, 6) is 0. The van der Waals surface area contributed by atoms with Crippen LogP contribution in [0.25, 0.3) is 0 Å². The molecule has 0 aromatic heterocycles. The van der Waals surface area contributed by atoms with Crippen LogP contribution < -0.4 is 5.32 Å². The summed E-state index contributed by atoms with van der Waals surface area (Å²) in [5.41, 5.74) is 0.0650. The quantitative estimate of drug-likeness (QED) is 0.652. The Labute approximate surface area is 78.4 Å². The van der Waals surface area contributed by atoms with Crippen molar-refractivity contribution in [2.45, 2.75) is 26.0 Å². The minimum atomic E-state index is 0.0369. The van der Waals surface area contributed by atoms with Gasteiger partial charge in [0.25, 0.3) is 0 Å². The molecule has 0 rings (SSSR count). The number of ether oxygens (including phenoxy) is 1. The molecule has 4 heteroatoms. The molecule has 1 unspecified atom stereocenters. The van der Waals surface area contributed by atoms with Crippen LogP contribution in [0, 0.1) is 22.7 Å². The molecule has 13 heavy (non-hydrogen) atoms. The third kappa shape index (κ3) is 4.15. The van der Waals surface area contributed by atoms with E-state index in [1.54, 1.807) is 19.2 Å². The van der Waals surface area contributed by atoms with Crippen molar-refractivity contribution in [2.75, 3.05) is 7.11 Å². The van der Waals surface area contributed by atoms with Gasteiger partial charge in [0.05, 0.1) is 6.10 Å². The van der Waals surface area contributed by atoms with Gasteiger partial charge >= 0.3 is 0 Å². The Morgan fingerprint density at radius 3 is 2.31 bits per heavy atom. The van der Waals surface area contributed by atoms with Crippen molar-refractivity contribution in [1.82, 2.24) is 5.32 Å². The summed E-state index contributed by atoms with van der Waals surface area (Å²) in [7, 11) is 1.61. The number of nitrogens with one attached hydrogen (secondary N) is 1. The molecule has 0 aliphatic rings. The second-order valence-corrected chi connectivity index (χ2v) is 2.68. The highest BCUT2D eigenvalue weighted by molar-refractivity contribution is 5.34. The zero-order chi connectivity index (χ0) is 10.3. The monoisotopic (exact) mass is 179 g/mol. The summed E-state index contributed by atoms with van der Waals surface area (Å²) in [4.78, 5) is 0. The first-order chi connectivity index (χ1) is 6.15. The molecule has 4 nitrogen and oxygen atoms in total. The zero-order valence-electron chi connectivity index (χ0n) is 8.03. The van der Waals surface area contributed by atoms with Crippen molar-refractivity contribution in [3.05, 3.63) is 11.8 Å². The standard InChI is InChI=1S/C9H13N3O/c1-7(8(2)13-3)12-6-9(4-10)5-11/h6-8,12H,1-3H3/t7-,8?/m0/s1. The van der Waals surface area contributed by atoms with Crippen LogP contribution in [-0.4, -0.2) is 19.3 Å². The molecule has 0 bridgehead atoms. The summed E-state index contributed by atoms with van der Waals surface area (Å²) in [6, 6.07) is 3.59. The summed E-state index contributed by atoms with van der Waals surface area (Å²) >= 11 is 0. The fraction of sp³-hybridized carbons (Fsp3) is 0.556. The molecule has 0 saturated heterocycles. The van der Waals surface area contributed by atoms with Gasteiger partial charge in [-0.3, -0.25) is 0 Å². The molecule has 0 fully saturated rings. The van der Waals surface area contributed by atoms with Gasteiger partial charge in [-0.15, -0.1) is 0 Å². The number of nitriles is 2. The first-order valence-corrected chi connectivity index (χ1v) is 3.95. The van der Waals surface area contributed by atoms with Crippen molar-refractivity contribution >= 4 is 0 Å². The van der Waals surface area contributed by atoms with E-state index < -0.39 is 0 Å². The number of nitrogens with zero attached hydrogens (tertiary/aromatic N) is 2. The smallest absolute Gasteiger partial charge is 0.145 e. The molecule has 2 atom stereocenters. The predicted octanol–water partition coefficient (Wildman–Crippen LogP) is 0.930. The largest absolute Gasteiger partial charge is 0.384 e. The van der Waals surface area contributed by atoms with Crippen LogP contribution in [0.1, 0.15) is 13.8 Å².